The highest BCUT2D eigenvalue weighted by Crippen LogP contribution is 2.25. The van der Waals surface area contributed by atoms with Gasteiger partial charge in [-0.3, -0.25) is 4.79 Å². The molecule has 1 aliphatic heterocycles. The van der Waals surface area contributed by atoms with Crippen molar-refractivity contribution in [1.82, 2.24) is 19.9 Å². The highest BCUT2D eigenvalue weighted by molar-refractivity contribution is 7.20. The summed E-state index contributed by atoms with van der Waals surface area (Å²) in [6.07, 6.45) is 4.05. The lowest BCUT2D eigenvalue weighted by molar-refractivity contribution is -0.119. The molecule has 1 N–H and O–H groups in total. The van der Waals surface area contributed by atoms with Crippen molar-refractivity contribution in [2.75, 3.05) is 18.0 Å². The molecular formula is C12H17N5OS. The maximum absolute atomic E-state index is 11.1. The Morgan fingerprint density at radius 3 is 3.16 bits per heavy atom. The SMILES string of the molecule is CC(=O)NC1CCCN(c2nn3cc(C)nc3s2)C1. The summed E-state index contributed by atoms with van der Waals surface area (Å²) in [5.74, 6) is 0.0383. The molecule has 102 valence electrons. The van der Waals surface area contributed by atoms with Gasteiger partial charge in [-0.1, -0.05) is 11.3 Å². The third-order valence-corrected chi connectivity index (χ3v) is 4.24. The lowest BCUT2D eigenvalue weighted by atomic mass is 10.1. The highest BCUT2D eigenvalue weighted by Gasteiger charge is 2.23. The van der Waals surface area contributed by atoms with E-state index in [-0.39, 0.29) is 11.9 Å². The summed E-state index contributed by atoms with van der Waals surface area (Å²) in [6.45, 7) is 5.36. The zero-order valence-electron chi connectivity index (χ0n) is 11.1. The van der Waals surface area contributed by atoms with Crippen LogP contribution in [-0.2, 0) is 4.79 Å². The zero-order chi connectivity index (χ0) is 13.4. The van der Waals surface area contributed by atoms with Crippen LogP contribution in [0.1, 0.15) is 25.5 Å². The number of piperidine rings is 1. The number of nitrogens with one attached hydrogen (secondary N) is 1. The lowest BCUT2D eigenvalue weighted by Crippen LogP contribution is -2.47. The van der Waals surface area contributed by atoms with Crippen molar-refractivity contribution in [1.29, 1.82) is 0 Å². The molecule has 3 rings (SSSR count). The summed E-state index contributed by atoms with van der Waals surface area (Å²) >= 11 is 1.60. The number of aryl methyl sites for hydroxylation is 1. The molecule has 1 amide bonds. The summed E-state index contributed by atoms with van der Waals surface area (Å²) in [4.78, 5) is 18.7. The van der Waals surface area contributed by atoms with E-state index in [1.165, 1.54) is 0 Å². The maximum atomic E-state index is 11.1. The summed E-state index contributed by atoms with van der Waals surface area (Å²) < 4.78 is 1.83. The molecule has 1 fully saturated rings. The molecule has 0 bridgehead atoms. The third kappa shape index (κ3) is 2.56. The Morgan fingerprint density at radius 2 is 2.42 bits per heavy atom. The number of hydrogen-bond acceptors (Lipinski definition) is 5. The van der Waals surface area contributed by atoms with E-state index in [1.54, 1.807) is 18.3 Å². The van der Waals surface area contributed by atoms with Gasteiger partial charge >= 0.3 is 0 Å². The van der Waals surface area contributed by atoms with Crippen LogP contribution in [0, 0.1) is 6.92 Å². The maximum Gasteiger partial charge on any atom is 0.217 e. The Bertz CT molecular complexity index is 573. The first-order valence-electron chi connectivity index (χ1n) is 6.46. The number of carbonyl (C=O) groups is 1. The van der Waals surface area contributed by atoms with E-state index < -0.39 is 0 Å². The van der Waals surface area contributed by atoms with Crippen molar-refractivity contribution in [3.63, 3.8) is 0 Å². The van der Waals surface area contributed by atoms with E-state index in [1.807, 2.05) is 17.6 Å². The normalized spacial score (nSPS) is 19.9. The van der Waals surface area contributed by atoms with Crippen LogP contribution >= 0.6 is 11.3 Å². The molecule has 0 radical (unpaired) electrons. The minimum absolute atomic E-state index is 0.0383. The topological polar surface area (TPSA) is 62.5 Å². The molecule has 2 aromatic rings. The Hall–Kier alpha value is -1.63. The van der Waals surface area contributed by atoms with Crippen LogP contribution in [0.3, 0.4) is 0 Å². The summed E-state index contributed by atoms with van der Waals surface area (Å²) in [7, 11) is 0. The van der Waals surface area contributed by atoms with E-state index >= 15 is 0 Å². The molecule has 2 aromatic heterocycles. The first-order chi connectivity index (χ1) is 9.11. The number of imidazole rings is 1. The molecule has 1 unspecified atom stereocenters. The molecule has 6 nitrogen and oxygen atoms in total. The van der Waals surface area contributed by atoms with Crippen LogP contribution in [0.15, 0.2) is 6.20 Å². The van der Waals surface area contributed by atoms with Crippen molar-refractivity contribution in [2.45, 2.75) is 32.7 Å². The number of hydrogen-bond donors (Lipinski definition) is 1. The predicted molar refractivity (Wildman–Crippen MR) is 74.7 cm³/mol. The van der Waals surface area contributed by atoms with E-state index in [0.717, 1.165) is 41.7 Å². The number of fused-ring (bicyclic) bond motifs is 1. The van der Waals surface area contributed by atoms with Gasteiger partial charge in [-0.25, -0.2) is 9.50 Å². The smallest absolute Gasteiger partial charge is 0.217 e. The quantitative estimate of drug-likeness (QED) is 0.897. The molecule has 1 aliphatic rings. The standard InChI is InChI=1S/C12H17N5OS/c1-8-6-17-11(13-8)19-12(15-17)16-5-3-4-10(7-16)14-9(2)18/h6,10H,3-5,7H2,1-2H3,(H,14,18). The van der Waals surface area contributed by atoms with Gasteiger partial charge in [-0.05, 0) is 19.8 Å². The van der Waals surface area contributed by atoms with Crippen molar-refractivity contribution in [2.24, 2.45) is 0 Å². The van der Waals surface area contributed by atoms with E-state index in [4.69, 9.17) is 0 Å². The largest absolute Gasteiger partial charge is 0.352 e. The third-order valence-electron chi connectivity index (χ3n) is 3.25. The van der Waals surface area contributed by atoms with Gasteiger partial charge in [0, 0.05) is 26.1 Å². The van der Waals surface area contributed by atoms with Crippen LogP contribution in [0.2, 0.25) is 0 Å². The van der Waals surface area contributed by atoms with Crippen LogP contribution in [0.25, 0.3) is 4.96 Å². The van der Waals surface area contributed by atoms with Crippen LogP contribution < -0.4 is 10.2 Å². The molecular weight excluding hydrogens is 262 g/mol. The highest BCUT2D eigenvalue weighted by atomic mass is 32.1. The number of aromatic nitrogens is 3. The predicted octanol–water partition coefficient (Wildman–Crippen LogP) is 1.20. The molecule has 0 aromatic carbocycles. The molecule has 7 heteroatoms. The summed E-state index contributed by atoms with van der Waals surface area (Å²) in [6, 6.07) is 0.226. The molecule has 19 heavy (non-hydrogen) atoms. The average Bonchev–Trinajstić information content (AvgIpc) is 2.85. The van der Waals surface area contributed by atoms with Crippen molar-refractivity contribution in [3.05, 3.63) is 11.9 Å². The van der Waals surface area contributed by atoms with Crippen LogP contribution in [0.4, 0.5) is 5.13 Å². The van der Waals surface area contributed by atoms with Crippen LogP contribution in [0.5, 0.6) is 0 Å². The van der Waals surface area contributed by atoms with Gasteiger partial charge in [0.1, 0.15) is 0 Å². The second-order valence-electron chi connectivity index (χ2n) is 4.98. The molecule has 0 spiro atoms. The molecule has 1 saturated heterocycles. The van der Waals surface area contributed by atoms with Gasteiger partial charge < -0.3 is 10.2 Å². The minimum atomic E-state index is 0.0383. The van der Waals surface area contributed by atoms with Crippen LogP contribution in [-0.4, -0.2) is 39.6 Å². The molecule has 1 atom stereocenters. The molecule has 0 aliphatic carbocycles. The number of anilines is 1. The number of amides is 1. The van der Waals surface area contributed by atoms with Gasteiger partial charge in [-0.2, -0.15) is 0 Å². The van der Waals surface area contributed by atoms with Crippen molar-refractivity contribution in [3.8, 4) is 0 Å². The zero-order valence-corrected chi connectivity index (χ0v) is 11.9. The number of carbonyl (C=O) groups excluding carboxylic acids is 1. The minimum Gasteiger partial charge on any atom is -0.352 e. The summed E-state index contributed by atoms with van der Waals surface area (Å²) in [5, 5.41) is 8.53. The lowest BCUT2D eigenvalue weighted by Gasteiger charge is -2.32. The van der Waals surface area contributed by atoms with Gasteiger partial charge in [-0.15, -0.1) is 5.10 Å². The molecule has 3 heterocycles. The van der Waals surface area contributed by atoms with E-state index in [9.17, 15) is 4.79 Å². The van der Waals surface area contributed by atoms with E-state index in [2.05, 4.69) is 20.3 Å². The second-order valence-corrected chi connectivity index (χ2v) is 5.91. The van der Waals surface area contributed by atoms with Crippen molar-refractivity contribution >= 4 is 27.3 Å². The van der Waals surface area contributed by atoms with Gasteiger partial charge in [0.05, 0.1) is 11.9 Å². The first kappa shape index (κ1) is 12.4. The van der Waals surface area contributed by atoms with Gasteiger partial charge in [0.25, 0.3) is 0 Å². The van der Waals surface area contributed by atoms with E-state index in [0.29, 0.717) is 0 Å². The monoisotopic (exact) mass is 279 g/mol. The fourth-order valence-electron chi connectivity index (χ4n) is 2.48. The fraction of sp³-hybridized carbons (Fsp3) is 0.583. The Morgan fingerprint density at radius 1 is 1.58 bits per heavy atom. The first-order valence-corrected chi connectivity index (χ1v) is 7.28. The van der Waals surface area contributed by atoms with Crippen molar-refractivity contribution < 1.29 is 4.79 Å². The average molecular weight is 279 g/mol. The Labute approximate surface area is 115 Å². The second kappa shape index (κ2) is 4.80. The van der Waals surface area contributed by atoms with Gasteiger partial charge in [0.15, 0.2) is 0 Å². The van der Waals surface area contributed by atoms with Gasteiger partial charge in [0.2, 0.25) is 16.0 Å². The summed E-state index contributed by atoms with van der Waals surface area (Å²) in [5.41, 5.74) is 0.986. The Kier molecular flexibility index (Phi) is 3.14. The number of rotatable bonds is 2. The fourth-order valence-corrected chi connectivity index (χ4v) is 3.45. The Balaban J connectivity index is 1.76. The number of nitrogens with zero attached hydrogens (tertiary/aromatic N) is 4. The molecule has 0 saturated carbocycles.